The Hall–Kier alpha value is -7.97. The van der Waals surface area contributed by atoms with Crippen molar-refractivity contribution in [3.05, 3.63) is 54.2 Å². The largest absolute Gasteiger partial charge is 0.370 e. The van der Waals surface area contributed by atoms with Crippen LogP contribution in [0, 0.1) is 5.92 Å². The summed E-state index contributed by atoms with van der Waals surface area (Å²) in [6.45, 7) is 9.59. The predicted molar refractivity (Wildman–Crippen MR) is 321 cm³/mol. The molecule has 0 aliphatic carbocycles. The molecule has 32 heteroatoms. The number of nitrogens with two attached hydrogens (primary N) is 5. The van der Waals surface area contributed by atoms with Crippen molar-refractivity contribution < 1.29 is 52.7 Å². The average molecular weight is 1230 g/mol. The Bertz CT molecular complexity index is 2810. The number of nitrogens with one attached hydrogen (secondary N) is 12. The van der Waals surface area contributed by atoms with E-state index in [0.29, 0.717) is 37.1 Å². The Morgan fingerprint density at radius 1 is 0.694 bits per heavy atom. The van der Waals surface area contributed by atoms with Gasteiger partial charge in [0, 0.05) is 59.9 Å². The Morgan fingerprint density at radius 2 is 1.33 bits per heavy atom. The van der Waals surface area contributed by atoms with Gasteiger partial charge >= 0.3 is 0 Å². The van der Waals surface area contributed by atoms with Gasteiger partial charge in [-0.25, -0.2) is 4.98 Å². The van der Waals surface area contributed by atoms with Crippen LogP contribution < -0.4 is 81.8 Å². The Balaban J connectivity index is 1.64. The third kappa shape index (κ3) is 23.2. The van der Waals surface area contributed by atoms with Gasteiger partial charge < -0.3 is 91.8 Å². The lowest BCUT2D eigenvalue weighted by molar-refractivity contribution is -0.135. The molecule has 0 bridgehead atoms. The van der Waals surface area contributed by atoms with Crippen molar-refractivity contribution in [2.24, 2.45) is 39.6 Å². The summed E-state index contributed by atoms with van der Waals surface area (Å²) in [7, 11) is 1.96. The molecule has 22 N–H and O–H groups in total. The molecule has 1 fully saturated rings. The van der Waals surface area contributed by atoms with Gasteiger partial charge in [-0.15, -0.1) is 0 Å². The molecule has 0 radical (unpaired) electrons. The number of amides is 11. The zero-order chi connectivity index (χ0) is 62.9. The van der Waals surface area contributed by atoms with E-state index in [2.05, 4.69) is 73.1 Å². The predicted octanol–water partition coefficient (Wildman–Crippen LogP) is -3.96. The van der Waals surface area contributed by atoms with Gasteiger partial charge in [-0.05, 0) is 83.9 Å². The maximum atomic E-state index is 14.7. The molecular formula is C53H83N19O11S2. The topological polar surface area (TPSA) is 495 Å². The SMILES string of the molecule is CC(C)C[C@H](NC(=O)[C@@H]1CSSC[C@H](NC(=O)[C@H](C)NC(=O)[C@H](C)NC(=O)[C@@H](N)CCCCN)C(=O)N[C@@H](C)C(=O)N[C@@H](C)C(=O)N[C@@H](Cc2cnc[nH]2)C(=O)N1)C(=O)N[C@@H](Cc1c[nH]c2ccccc12)C(=O)N[C@@H](CCCN=C(N)N)C(N)=O. The number of aromatic nitrogens is 3. The smallest absolute Gasteiger partial charge is 0.244 e. The first-order chi connectivity index (χ1) is 40.3. The molecule has 0 spiro atoms. The molecule has 1 aliphatic rings. The molecule has 3 aromatic rings. The van der Waals surface area contributed by atoms with Gasteiger partial charge in [0.15, 0.2) is 5.96 Å². The van der Waals surface area contributed by atoms with Gasteiger partial charge in [0.05, 0.1) is 12.4 Å². The number of carbonyl (C=O) groups excluding carboxylic acids is 11. The molecule has 11 amide bonds. The summed E-state index contributed by atoms with van der Waals surface area (Å²) in [5.41, 5.74) is 29.9. The fourth-order valence-corrected chi connectivity index (χ4v) is 10.9. The number of para-hydroxylation sites is 1. The van der Waals surface area contributed by atoms with Crippen molar-refractivity contribution in [2.45, 2.75) is 159 Å². The number of imidazole rings is 1. The van der Waals surface area contributed by atoms with Crippen molar-refractivity contribution in [3.63, 3.8) is 0 Å². The van der Waals surface area contributed by atoms with Crippen LogP contribution in [0.2, 0.25) is 0 Å². The summed E-state index contributed by atoms with van der Waals surface area (Å²) in [4.78, 5) is 165. The summed E-state index contributed by atoms with van der Waals surface area (Å²) in [5, 5.41) is 26.9. The molecule has 3 heterocycles. The summed E-state index contributed by atoms with van der Waals surface area (Å²) >= 11 is 0. The van der Waals surface area contributed by atoms with Crippen LogP contribution >= 0.6 is 21.6 Å². The number of benzene rings is 1. The first-order valence-corrected chi connectivity index (χ1v) is 30.4. The van der Waals surface area contributed by atoms with E-state index in [4.69, 9.17) is 28.7 Å². The molecule has 11 atom stereocenters. The first-order valence-electron chi connectivity index (χ1n) is 27.9. The molecule has 1 aliphatic heterocycles. The summed E-state index contributed by atoms with van der Waals surface area (Å²) < 4.78 is 0. The number of aromatic amines is 2. The number of rotatable bonds is 27. The van der Waals surface area contributed by atoms with Crippen LogP contribution in [0.25, 0.3) is 10.9 Å². The molecule has 85 heavy (non-hydrogen) atoms. The van der Waals surface area contributed by atoms with Crippen molar-refractivity contribution in [1.82, 2.24) is 68.1 Å². The quantitative estimate of drug-likeness (QED) is 0.0150. The minimum atomic E-state index is -1.48. The Kier molecular flexibility index (Phi) is 28.4. The summed E-state index contributed by atoms with van der Waals surface area (Å²) in [5.74, 6) is -9.67. The van der Waals surface area contributed by atoms with Crippen molar-refractivity contribution >= 4 is 103 Å². The molecular weight excluding hydrogens is 1140 g/mol. The maximum Gasteiger partial charge on any atom is 0.244 e. The highest BCUT2D eigenvalue weighted by Gasteiger charge is 2.36. The number of nitrogens with zero attached hydrogens (tertiary/aromatic N) is 2. The van der Waals surface area contributed by atoms with Gasteiger partial charge in [0.25, 0.3) is 0 Å². The molecule has 0 unspecified atom stereocenters. The fraction of sp³-hybridized carbons (Fsp3) is 0.566. The summed E-state index contributed by atoms with van der Waals surface area (Å²) in [6.07, 6.45) is 6.15. The highest BCUT2D eigenvalue weighted by atomic mass is 33.1. The van der Waals surface area contributed by atoms with Crippen LogP contribution in [0.5, 0.6) is 0 Å². The number of carbonyl (C=O) groups is 11. The second-order valence-corrected chi connectivity index (χ2v) is 23.6. The Labute approximate surface area is 500 Å². The maximum absolute atomic E-state index is 14.7. The fourth-order valence-electron chi connectivity index (χ4n) is 8.54. The molecule has 30 nitrogen and oxygen atoms in total. The number of primary amides is 1. The molecule has 0 saturated carbocycles. The lowest BCUT2D eigenvalue weighted by atomic mass is 10.00. The number of guanidine groups is 1. The lowest BCUT2D eigenvalue weighted by Crippen LogP contribution is -2.61. The Morgan fingerprint density at radius 3 is 1.99 bits per heavy atom. The minimum absolute atomic E-state index is 0.0174. The molecule has 4 rings (SSSR count). The van der Waals surface area contributed by atoms with Crippen molar-refractivity contribution in [2.75, 3.05) is 24.6 Å². The van der Waals surface area contributed by atoms with Crippen LogP contribution in [-0.4, -0.2) is 177 Å². The van der Waals surface area contributed by atoms with E-state index in [1.165, 1.54) is 40.2 Å². The highest BCUT2D eigenvalue weighted by molar-refractivity contribution is 8.76. The minimum Gasteiger partial charge on any atom is -0.370 e. The standard InChI is InChI=1S/C53H83N19O11S2/c1-26(2)18-37(48(79)70-38(19-31-21-61-35-14-8-7-12-33(31)35)49(80)67-36(42(56)73)15-11-17-60-53(57)58)69-52(83)41-24-85-84-23-40(71-46(77)30(6)64-43(74)27(3)65-47(78)34(55)13-9-10-16-54)51(82)66-28(4)44(75)63-29(5)45(76)68-39(50(81)72-41)20-32-22-59-25-62-32/h7-8,12,14,21-22,25-30,34,36-41,61H,9-11,13,15-20,23-24,54-55H2,1-6H3,(H2,56,73)(H,59,62)(H,63,75)(H,64,74)(H,65,78)(H,66,82)(H,67,80)(H,68,76)(H,69,83)(H,70,79)(H,71,77)(H,72,81)(H4,57,58,60)/t27-,28-,29-,30-,34-,36-,37-,38-,39-,40-,41-/m0/s1. The zero-order valence-electron chi connectivity index (χ0n) is 48.5. The van der Waals surface area contributed by atoms with E-state index in [-0.39, 0.29) is 62.0 Å². The number of unbranched alkanes of at least 4 members (excludes halogenated alkanes) is 1. The number of hydrogen-bond acceptors (Lipinski definition) is 17. The number of hydrogen-bond donors (Lipinski definition) is 17. The van der Waals surface area contributed by atoms with Crippen LogP contribution in [0.1, 0.15) is 91.3 Å². The van der Waals surface area contributed by atoms with Gasteiger partial charge in [-0.2, -0.15) is 0 Å². The van der Waals surface area contributed by atoms with Gasteiger partial charge in [0.2, 0.25) is 65.0 Å². The van der Waals surface area contributed by atoms with E-state index in [0.717, 1.165) is 32.5 Å². The van der Waals surface area contributed by atoms with Crippen molar-refractivity contribution in [3.8, 4) is 0 Å². The van der Waals surface area contributed by atoms with E-state index in [1.54, 1.807) is 26.1 Å². The van der Waals surface area contributed by atoms with Gasteiger partial charge in [-0.3, -0.25) is 57.7 Å². The third-order valence-corrected chi connectivity index (χ3v) is 15.8. The van der Waals surface area contributed by atoms with Crippen LogP contribution in [-0.2, 0) is 65.6 Å². The van der Waals surface area contributed by atoms with E-state index in [9.17, 15) is 52.7 Å². The monoisotopic (exact) mass is 1230 g/mol. The van der Waals surface area contributed by atoms with Crippen LogP contribution in [0.15, 0.2) is 48.0 Å². The highest BCUT2D eigenvalue weighted by Crippen LogP contribution is 2.24. The van der Waals surface area contributed by atoms with Gasteiger partial charge in [0.1, 0.15) is 60.4 Å². The molecule has 1 aromatic carbocycles. The third-order valence-electron chi connectivity index (χ3n) is 13.4. The molecule has 2 aromatic heterocycles. The number of H-pyrrole nitrogens is 2. The average Bonchev–Trinajstić information content (AvgIpc) is 3.50. The number of fused-ring (bicyclic) bond motifs is 1. The normalized spacial score (nSPS) is 20.2. The van der Waals surface area contributed by atoms with Gasteiger partial charge in [-0.1, -0.05) is 60.1 Å². The molecule has 468 valence electrons. The molecule has 1 saturated heterocycles. The van der Waals surface area contributed by atoms with Crippen molar-refractivity contribution in [1.29, 1.82) is 0 Å². The van der Waals surface area contributed by atoms with Crippen LogP contribution in [0.3, 0.4) is 0 Å². The lowest BCUT2D eigenvalue weighted by Gasteiger charge is -2.28. The van der Waals surface area contributed by atoms with E-state index in [1.807, 2.05) is 18.2 Å². The first kappa shape index (κ1) is 69.5. The summed E-state index contributed by atoms with van der Waals surface area (Å²) in [6, 6.07) is -6.74. The number of aliphatic imine (C=N–C) groups is 1. The second kappa shape index (κ2) is 34.7. The second-order valence-electron chi connectivity index (χ2n) is 21.1. The van der Waals surface area contributed by atoms with E-state index < -0.39 is 131 Å². The van der Waals surface area contributed by atoms with Crippen LogP contribution in [0.4, 0.5) is 0 Å². The zero-order valence-corrected chi connectivity index (χ0v) is 50.2. The van der Waals surface area contributed by atoms with E-state index >= 15 is 0 Å².